The van der Waals surface area contributed by atoms with Gasteiger partial charge in [0.1, 0.15) is 18.1 Å². The Morgan fingerprint density at radius 2 is 1.79 bits per heavy atom. The van der Waals surface area contributed by atoms with Crippen molar-refractivity contribution in [2.75, 3.05) is 11.9 Å². The molecule has 1 fully saturated rings. The minimum atomic E-state index is -0.668. The Labute approximate surface area is 196 Å². The van der Waals surface area contributed by atoms with E-state index in [2.05, 4.69) is 10.6 Å². The fourth-order valence-electron chi connectivity index (χ4n) is 4.09. The highest BCUT2D eigenvalue weighted by Gasteiger charge is 2.35. The predicted molar refractivity (Wildman–Crippen MR) is 128 cm³/mol. The molecule has 1 aliphatic rings. The van der Waals surface area contributed by atoms with Gasteiger partial charge in [0.2, 0.25) is 5.91 Å². The number of anilines is 1. The maximum Gasteiger partial charge on any atom is 0.329 e. The van der Waals surface area contributed by atoms with Crippen LogP contribution in [0.25, 0.3) is 11.8 Å². The number of para-hydroxylation sites is 2. The molecule has 1 aliphatic heterocycles. The van der Waals surface area contributed by atoms with Crippen LogP contribution in [-0.2, 0) is 16.0 Å². The molecule has 0 radical (unpaired) electrons. The van der Waals surface area contributed by atoms with Crippen molar-refractivity contribution in [2.45, 2.75) is 27.2 Å². The second kappa shape index (κ2) is 9.35. The summed E-state index contributed by atoms with van der Waals surface area (Å²) in [4.78, 5) is 38.7. The Bertz CT molecular complexity index is 1330. The molecular weight excluding hydrogens is 435 g/mol. The molecule has 1 aromatic heterocycles. The minimum absolute atomic E-state index is 0.0561. The number of amides is 4. The van der Waals surface area contributed by atoms with E-state index in [9.17, 15) is 18.8 Å². The molecule has 1 saturated heterocycles. The highest BCUT2D eigenvalue weighted by atomic mass is 19.1. The van der Waals surface area contributed by atoms with Gasteiger partial charge in [-0.05, 0) is 61.7 Å². The van der Waals surface area contributed by atoms with Crippen LogP contribution >= 0.6 is 0 Å². The largest absolute Gasteiger partial charge is 0.329 e. The van der Waals surface area contributed by atoms with Gasteiger partial charge >= 0.3 is 6.03 Å². The molecule has 0 spiro atoms. The van der Waals surface area contributed by atoms with Crippen LogP contribution in [0.2, 0.25) is 0 Å². The molecule has 0 saturated carbocycles. The summed E-state index contributed by atoms with van der Waals surface area (Å²) in [5, 5.41) is 5.30. The van der Waals surface area contributed by atoms with E-state index in [1.807, 2.05) is 39.0 Å². The molecule has 174 valence electrons. The lowest BCUT2D eigenvalue weighted by Gasteiger charge is -2.13. The van der Waals surface area contributed by atoms with E-state index in [-0.39, 0.29) is 11.5 Å². The summed E-state index contributed by atoms with van der Waals surface area (Å²) in [6.45, 7) is 5.21. The summed E-state index contributed by atoms with van der Waals surface area (Å²) >= 11 is 0. The fraction of sp³-hybridized carbons (Fsp3) is 0.192. The maximum atomic E-state index is 14.3. The van der Waals surface area contributed by atoms with Crippen LogP contribution in [0.15, 0.2) is 60.3 Å². The Morgan fingerprint density at radius 1 is 1.09 bits per heavy atom. The number of hydrogen-bond donors (Lipinski definition) is 2. The van der Waals surface area contributed by atoms with E-state index in [1.54, 1.807) is 41.0 Å². The standard InChI is InChI=1S/C26H25FN4O3/c1-4-18-9-5-7-11-21(18)28-24(32)15-30-25(33)22(29-26(30)34)14-19-13-16(2)31(17(19)3)23-12-8-6-10-20(23)27/h5-14H,4,15H2,1-3H3,(H,28,32)(H,29,34)/b22-14+. The van der Waals surface area contributed by atoms with Gasteiger partial charge < -0.3 is 15.2 Å². The molecule has 0 bridgehead atoms. The number of carbonyl (C=O) groups excluding carboxylic acids is 3. The number of hydrogen-bond acceptors (Lipinski definition) is 3. The fourth-order valence-corrected chi connectivity index (χ4v) is 4.09. The van der Waals surface area contributed by atoms with Crippen molar-refractivity contribution in [2.24, 2.45) is 0 Å². The van der Waals surface area contributed by atoms with Gasteiger partial charge in [-0.25, -0.2) is 14.1 Å². The van der Waals surface area contributed by atoms with Gasteiger partial charge in [0.05, 0.1) is 5.69 Å². The second-order valence-corrected chi connectivity index (χ2v) is 8.05. The zero-order valence-electron chi connectivity index (χ0n) is 19.2. The second-order valence-electron chi connectivity index (χ2n) is 8.05. The number of imide groups is 1. The third-order valence-corrected chi connectivity index (χ3v) is 5.80. The van der Waals surface area contributed by atoms with Crippen molar-refractivity contribution in [3.05, 3.63) is 88.6 Å². The van der Waals surface area contributed by atoms with Crippen molar-refractivity contribution in [3.8, 4) is 5.69 Å². The minimum Gasteiger partial charge on any atom is -0.324 e. The van der Waals surface area contributed by atoms with Crippen LogP contribution in [0, 0.1) is 19.7 Å². The van der Waals surface area contributed by atoms with Gasteiger partial charge in [-0.2, -0.15) is 0 Å². The Morgan fingerprint density at radius 3 is 2.53 bits per heavy atom. The first-order valence-electron chi connectivity index (χ1n) is 11.0. The van der Waals surface area contributed by atoms with Crippen molar-refractivity contribution in [1.29, 1.82) is 0 Å². The third-order valence-electron chi connectivity index (χ3n) is 5.80. The van der Waals surface area contributed by atoms with E-state index in [0.29, 0.717) is 22.6 Å². The average Bonchev–Trinajstić information content (AvgIpc) is 3.23. The maximum absolute atomic E-state index is 14.3. The zero-order chi connectivity index (χ0) is 24.4. The molecule has 0 aliphatic carbocycles. The number of halogens is 1. The first-order valence-corrected chi connectivity index (χ1v) is 11.0. The van der Waals surface area contributed by atoms with E-state index >= 15 is 0 Å². The number of nitrogens with one attached hydrogen (secondary N) is 2. The lowest BCUT2D eigenvalue weighted by molar-refractivity contribution is -0.127. The Hall–Kier alpha value is -4.20. The molecular formula is C26H25FN4O3. The lowest BCUT2D eigenvalue weighted by Crippen LogP contribution is -2.38. The van der Waals surface area contributed by atoms with E-state index in [1.165, 1.54) is 6.07 Å². The zero-order valence-corrected chi connectivity index (χ0v) is 19.2. The van der Waals surface area contributed by atoms with E-state index < -0.39 is 24.4 Å². The SMILES string of the molecule is CCc1ccccc1NC(=O)CN1C(=O)N/C(=C/c2cc(C)n(-c3ccccc3F)c2C)C1=O. The molecule has 4 amide bonds. The van der Waals surface area contributed by atoms with Gasteiger partial charge in [-0.1, -0.05) is 37.3 Å². The molecule has 2 aromatic carbocycles. The average molecular weight is 461 g/mol. The molecule has 2 heterocycles. The van der Waals surface area contributed by atoms with Crippen LogP contribution in [0.4, 0.5) is 14.9 Å². The molecule has 34 heavy (non-hydrogen) atoms. The van der Waals surface area contributed by atoms with Crippen molar-refractivity contribution < 1.29 is 18.8 Å². The van der Waals surface area contributed by atoms with E-state index in [0.717, 1.165) is 22.6 Å². The predicted octanol–water partition coefficient (Wildman–Crippen LogP) is 4.33. The van der Waals surface area contributed by atoms with Crippen molar-refractivity contribution in [3.63, 3.8) is 0 Å². The smallest absolute Gasteiger partial charge is 0.324 e. The number of benzene rings is 2. The highest BCUT2D eigenvalue weighted by Crippen LogP contribution is 2.25. The Balaban J connectivity index is 1.54. The van der Waals surface area contributed by atoms with Crippen LogP contribution in [0.3, 0.4) is 0 Å². The topological polar surface area (TPSA) is 83.4 Å². The molecule has 7 nitrogen and oxygen atoms in total. The number of aromatic nitrogens is 1. The van der Waals surface area contributed by atoms with Gasteiger partial charge in [0, 0.05) is 17.1 Å². The number of nitrogens with zero attached hydrogens (tertiary/aromatic N) is 2. The molecule has 8 heteroatoms. The van der Waals surface area contributed by atoms with Crippen LogP contribution in [0.5, 0.6) is 0 Å². The quantitative estimate of drug-likeness (QED) is 0.424. The number of aryl methyl sites for hydroxylation is 2. The normalized spacial score (nSPS) is 14.6. The third kappa shape index (κ3) is 4.34. The number of urea groups is 1. The van der Waals surface area contributed by atoms with Gasteiger partial charge in [0.15, 0.2) is 0 Å². The van der Waals surface area contributed by atoms with Crippen LogP contribution in [-0.4, -0.2) is 33.9 Å². The summed E-state index contributed by atoms with van der Waals surface area (Å²) in [6, 6.07) is 14.9. The molecule has 2 N–H and O–H groups in total. The van der Waals surface area contributed by atoms with Crippen molar-refractivity contribution >= 4 is 29.6 Å². The highest BCUT2D eigenvalue weighted by molar-refractivity contribution is 6.16. The first kappa shape index (κ1) is 23.0. The van der Waals surface area contributed by atoms with Crippen molar-refractivity contribution in [1.82, 2.24) is 14.8 Å². The monoisotopic (exact) mass is 460 g/mol. The Kier molecular flexibility index (Phi) is 6.32. The molecule has 0 atom stereocenters. The summed E-state index contributed by atoms with van der Waals surface area (Å²) < 4.78 is 16.1. The summed E-state index contributed by atoms with van der Waals surface area (Å²) in [5.41, 5.74) is 4.21. The summed E-state index contributed by atoms with van der Waals surface area (Å²) in [7, 11) is 0. The van der Waals surface area contributed by atoms with E-state index in [4.69, 9.17) is 0 Å². The van der Waals surface area contributed by atoms with Gasteiger partial charge in [-0.3, -0.25) is 9.59 Å². The number of rotatable bonds is 6. The first-order chi connectivity index (χ1) is 16.3. The number of carbonyl (C=O) groups is 3. The lowest BCUT2D eigenvalue weighted by atomic mass is 10.1. The van der Waals surface area contributed by atoms with Gasteiger partial charge in [-0.15, -0.1) is 0 Å². The van der Waals surface area contributed by atoms with Crippen LogP contribution in [0.1, 0.15) is 29.4 Å². The molecule has 3 aromatic rings. The summed E-state index contributed by atoms with van der Waals surface area (Å²) in [5.74, 6) is -1.43. The molecule has 4 rings (SSSR count). The summed E-state index contributed by atoms with van der Waals surface area (Å²) in [6.07, 6.45) is 2.28. The van der Waals surface area contributed by atoms with Gasteiger partial charge in [0.25, 0.3) is 5.91 Å². The van der Waals surface area contributed by atoms with Crippen LogP contribution < -0.4 is 10.6 Å². The molecule has 0 unspecified atom stereocenters.